The topological polar surface area (TPSA) is 59.4 Å². The lowest BCUT2D eigenvalue weighted by Gasteiger charge is -2.39. The lowest BCUT2D eigenvalue weighted by Crippen LogP contribution is -2.58. The predicted octanol–water partition coefficient (Wildman–Crippen LogP) is 1.37. The molecule has 2 aliphatic heterocycles. The van der Waals surface area contributed by atoms with Gasteiger partial charge in [0.2, 0.25) is 0 Å². The first-order chi connectivity index (χ1) is 10.5. The van der Waals surface area contributed by atoms with Gasteiger partial charge in [-0.3, -0.25) is 9.48 Å². The summed E-state index contributed by atoms with van der Waals surface area (Å²) in [5, 5.41) is 7.93. The number of hydrogen-bond donors (Lipinski definition) is 1. The number of nitrogens with one attached hydrogen (secondary N) is 1. The van der Waals surface area contributed by atoms with Gasteiger partial charge >= 0.3 is 0 Å². The standard InChI is InChI=1S/C16H26N4O2/c1-12-14(10-18-20(12)13-4-8-22-9-5-13)15(21)19-7-6-17-16(2,3)11-19/h10,13,17H,4-9,11H2,1-3H3. The third kappa shape index (κ3) is 3.03. The second-order valence-corrected chi connectivity index (χ2v) is 6.97. The summed E-state index contributed by atoms with van der Waals surface area (Å²) in [7, 11) is 0. The number of hydrogen-bond acceptors (Lipinski definition) is 4. The fraction of sp³-hybridized carbons (Fsp3) is 0.750. The van der Waals surface area contributed by atoms with Crippen molar-refractivity contribution < 1.29 is 9.53 Å². The minimum atomic E-state index is -0.0292. The molecule has 22 heavy (non-hydrogen) atoms. The summed E-state index contributed by atoms with van der Waals surface area (Å²) in [6.45, 7) is 10.1. The molecule has 0 atom stereocenters. The van der Waals surface area contributed by atoms with Gasteiger partial charge < -0.3 is 15.0 Å². The van der Waals surface area contributed by atoms with Crippen LogP contribution in [-0.2, 0) is 4.74 Å². The van der Waals surface area contributed by atoms with Crippen molar-refractivity contribution >= 4 is 5.91 Å². The van der Waals surface area contributed by atoms with E-state index in [0.717, 1.165) is 56.9 Å². The summed E-state index contributed by atoms with van der Waals surface area (Å²) < 4.78 is 7.43. The molecular weight excluding hydrogens is 280 g/mol. The summed E-state index contributed by atoms with van der Waals surface area (Å²) in [6, 6.07) is 0.356. The average molecular weight is 306 g/mol. The number of aromatic nitrogens is 2. The molecule has 6 nitrogen and oxygen atoms in total. The Morgan fingerprint density at radius 2 is 2.14 bits per heavy atom. The average Bonchev–Trinajstić information content (AvgIpc) is 2.88. The number of rotatable bonds is 2. The summed E-state index contributed by atoms with van der Waals surface area (Å²) in [4.78, 5) is 14.8. The molecule has 3 heterocycles. The Balaban J connectivity index is 1.77. The van der Waals surface area contributed by atoms with Gasteiger partial charge in [-0.1, -0.05) is 0 Å². The zero-order valence-corrected chi connectivity index (χ0v) is 13.8. The van der Waals surface area contributed by atoms with Crippen LogP contribution < -0.4 is 5.32 Å². The minimum absolute atomic E-state index is 0.0292. The molecule has 2 saturated heterocycles. The normalized spacial score (nSPS) is 22.8. The number of amides is 1. The van der Waals surface area contributed by atoms with Crippen LogP contribution in [0.5, 0.6) is 0 Å². The lowest BCUT2D eigenvalue weighted by molar-refractivity contribution is 0.0640. The van der Waals surface area contributed by atoms with E-state index in [4.69, 9.17) is 4.74 Å². The quantitative estimate of drug-likeness (QED) is 0.896. The molecule has 6 heteroatoms. The van der Waals surface area contributed by atoms with Crippen LogP contribution in [0, 0.1) is 6.92 Å². The highest BCUT2D eigenvalue weighted by Gasteiger charge is 2.31. The second kappa shape index (κ2) is 6.01. The van der Waals surface area contributed by atoms with Crippen molar-refractivity contribution in [3.63, 3.8) is 0 Å². The van der Waals surface area contributed by atoms with E-state index in [0.29, 0.717) is 6.04 Å². The van der Waals surface area contributed by atoms with Crippen molar-refractivity contribution in [2.24, 2.45) is 0 Å². The van der Waals surface area contributed by atoms with Gasteiger partial charge in [0.25, 0.3) is 5.91 Å². The van der Waals surface area contributed by atoms with Gasteiger partial charge in [-0.25, -0.2) is 0 Å². The van der Waals surface area contributed by atoms with Crippen molar-refractivity contribution in [3.05, 3.63) is 17.5 Å². The lowest BCUT2D eigenvalue weighted by atomic mass is 10.0. The highest BCUT2D eigenvalue weighted by atomic mass is 16.5. The third-order valence-electron chi connectivity index (χ3n) is 4.67. The van der Waals surface area contributed by atoms with E-state index in [-0.39, 0.29) is 11.4 Å². The van der Waals surface area contributed by atoms with Crippen LogP contribution in [0.4, 0.5) is 0 Å². The first-order valence-electron chi connectivity index (χ1n) is 8.14. The molecule has 0 spiro atoms. The van der Waals surface area contributed by atoms with E-state index < -0.39 is 0 Å². The smallest absolute Gasteiger partial charge is 0.257 e. The second-order valence-electron chi connectivity index (χ2n) is 6.97. The maximum Gasteiger partial charge on any atom is 0.257 e. The molecule has 2 fully saturated rings. The van der Waals surface area contributed by atoms with Crippen molar-refractivity contribution in [2.45, 2.75) is 45.2 Å². The molecule has 1 aromatic rings. The van der Waals surface area contributed by atoms with Crippen LogP contribution in [0.25, 0.3) is 0 Å². The van der Waals surface area contributed by atoms with E-state index in [1.807, 2.05) is 16.5 Å². The van der Waals surface area contributed by atoms with Crippen molar-refractivity contribution in [1.82, 2.24) is 20.0 Å². The van der Waals surface area contributed by atoms with Gasteiger partial charge in [0.1, 0.15) is 0 Å². The summed E-state index contributed by atoms with van der Waals surface area (Å²) in [5.41, 5.74) is 1.69. The van der Waals surface area contributed by atoms with Crippen LogP contribution in [-0.4, -0.2) is 59.0 Å². The molecule has 1 amide bonds. The zero-order valence-electron chi connectivity index (χ0n) is 13.8. The van der Waals surface area contributed by atoms with Crippen molar-refractivity contribution in [2.75, 3.05) is 32.8 Å². The fourth-order valence-corrected chi connectivity index (χ4v) is 3.42. The molecule has 0 bridgehead atoms. The predicted molar refractivity (Wildman–Crippen MR) is 84.0 cm³/mol. The summed E-state index contributed by atoms with van der Waals surface area (Å²) in [5.74, 6) is 0.102. The summed E-state index contributed by atoms with van der Waals surface area (Å²) in [6.07, 6.45) is 3.68. The number of piperazine rings is 1. The first-order valence-corrected chi connectivity index (χ1v) is 8.14. The Morgan fingerprint density at radius 1 is 1.41 bits per heavy atom. The first kappa shape index (κ1) is 15.5. The van der Waals surface area contributed by atoms with Gasteiger partial charge in [0.05, 0.1) is 17.8 Å². The van der Waals surface area contributed by atoms with Gasteiger partial charge in [-0.15, -0.1) is 0 Å². The number of ether oxygens (including phenoxy) is 1. The van der Waals surface area contributed by atoms with E-state index in [1.165, 1.54) is 0 Å². The van der Waals surface area contributed by atoms with Crippen LogP contribution in [0.15, 0.2) is 6.20 Å². The molecule has 1 aromatic heterocycles. The van der Waals surface area contributed by atoms with Gasteiger partial charge in [-0.2, -0.15) is 5.10 Å². The molecule has 0 unspecified atom stereocenters. The third-order valence-corrected chi connectivity index (χ3v) is 4.67. The number of nitrogens with zero attached hydrogens (tertiary/aromatic N) is 3. The Labute approximate surface area is 131 Å². The van der Waals surface area contributed by atoms with E-state index >= 15 is 0 Å². The Morgan fingerprint density at radius 3 is 2.82 bits per heavy atom. The van der Waals surface area contributed by atoms with E-state index in [9.17, 15) is 4.79 Å². The molecule has 0 aromatic carbocycles. The monoisotopic (exact) mass is 306 g/mol. The maximum absolute atomic E-state index is 12.8. The Bertz CT molecular complexity index is 546. The highest BCUT2D eigenvalue weighted by molar-refractivity contribution is 5.95. The van der Waals surface area contributed by atoms with Crippen LogP contribution >= 0.6 is 0 Å². The molecule has 0 saturated carbocycles. The van der Waals surface area contributed by atoms with Crippen LogP contribution in [0.1, 0.15) is 48.8 Å². The van der Waals surface area contributed by atoms with E-state index in [2.05, 4.69) is 24.3 Å². The SMILES string of the molecule is Cc1c(C(=O)N2CCNC(C)(C)C2)cnn1C1CCOCC1. The van der Waals surface area contributed by atoms with Gasteiger partial charge in [0, 0.05) is 44.1 Å². The molecule has 1 N–H and O–H groups in total. The van der Waals surface area contributed by atoms with Crippen molar-refractivity contribution in [3.8, 4) is 0 Å². The van der Waals surface area contributed by atoms with Gasteiger partial charge in [-0.05, 0) is 33.6 Å². The van der Waals surface area contributed by atoms with Gasteiger partial charge in [0.15, 0.2) is 0 Å². The minimum Gasteiger partial charge on any atom is -0.381 e. The maximum atomic E-state index is 12.8. The number of carbonyl (C=O) groups excluding carboxylic acids is 1. The highest BCUT2D eigenvalue weighted by Crippen LogP contribution is 2.24. The molecule has 3 rings (SSSR count). The van der Waals surface area contributed by atoms with Crippen LogP contribution in [0.2, 0.25) is 0 Å². The Kier molecular flexibility index (Phi) is 4.23. The molecule has 0 radical (unpaired) electrons. The van der Waals surface area contributed by atoms with Crippen LogP contribution in [0.3, 0.4) is 0 Å². The fourth-order valence-electron chi connectivity index (χ4n) is 3.42. The van der Waals surface area contributed by atoms with E-state index in [1.54, 1.807) is 6.20 Å². The zero-order chi connectivity index (χ0) is 15.7. The molecule has 2 aliphatic rings. The molecular formula is C16H26N4O2. The Hall–Kier alpha value is -1.40. The summed E-state index contributed by atoms with van der Waals surface area (Å²) >= 11 is 0. The number of carbonyl (C=O) groups is 1. The molecule has 0 aliphatic carbocycles. The molecule has 122 valence electrons. The van der Waals surface area contributed by atoms with Crippen molar-refractivity contribution in [1.29, 1.82) is 0 Å². The largest absolute Gasteiger partial charge is 0.381 e.